The van der Waals surface area contributed by atoms with E-state index in [2.05, 4.69) is 13.5 Å². The molecule has 0 N–H and O–H groups in total. The fourth-order valence-electron chi connectivity index (χ4n) is 5.21. The maximum atomic E-state index is 12.9. The van der Waals surface area contributed by atoms with Gasteiger partial charge in [-0.1, -0.05) is 61.7 Å². The number of ether oxygens (including phenoxy) is 1. The lowest BCUT2D eigenvalue weighted by Crippen LogP contribution is -2.33. The second kappa shape index (κ2) is 10.4. The molecule has 2 aliphatic rings. The quantitative estimate of drug-likeness (QED) is 0.378. The van der Waals surface area contributed by atoms with E-state index in [0.717, 1.165) is 54.2 Å². The zero-order valence-corrected chi connectivity index (χ0v) is 20.0. The van der Waals surface area contributed by atoms with Gasteiger partial charge < -0.3 is 4.74 Å². The van der Waals surface area contributed by atoms with Gasteiger partial charge in [0.25, 0.3) is 0 Å². The summed E-state index contributed by atoms with van der Waals surface area (Å²) in [5, 5.41) is 2.09. The van der Waals surface area contributed by atoms with E-state index in [4.69, 9.17) is 27.9 Å². The van der Waals surface area contributed by atoms with E-state index in [-0.39, 0.29) is 16.9 Å². The molecule has 2 nitrogen and oxygen atoms in total. The summed E-state index contributed by atoms with van der Waals surface area (Å²) >= 11 is 12.7. The van der Waals surface area contributed by atoms with Crippen LogP contribution in [-0.2, 0) is 4.79 Å². The van der Waals surface area contributed by atoms with Crippen molar-refractivity contribution in [2.75, 3.05) is 0 Å². The molecule has 0 unspecified atom stereocenters. The number of carbonyl (C=O) groups is 1. The highest BCUT2D eigenvalue weighted by Gasteiger charge is 2.33. The van der Waals surface area contributed by atoms with E-state index in [1.165, 1.54) is 25.7 Å². The molecule has 0 saturated heterocycles. The molecule has 0 bridgehead atoms. The first kappa shape index (κ1) is 23.4. The summed E-state index contributed by atoms with van der Waals surface area (Å²) in [5.41, 5.74) is 1.00. The summed E-state index contributed by atoms with van der Waals surface area (Å²) in [6.45, 7) is 10.4. The molecule has 0 radical (unpaired) electrons. The average Bonchev–Trinajstić information content (AvgIpc) is 2.74. The van der Waals surface area contributed by atoms with Crippen molar-refractivity contribution in [3.05, 3.63) is 38.7 Å². The van der Waals surface area contributed by atoms with Crippen LogP contribution in [0.4, 0.5) is 0 Å². The third-order valence-electron chi connectivity index (χ3n) is 7.16. The van der Waals surface area contributed by atoms with Gasteiger partial charge in [-0.3, -0.25) is 4.79 Å². The summed E-state index contributed by atoms with van der Waals surface area (Å²) in [7, 11) is 0. The number of rotatable bonds is 4. The topological polar surface area (TPSA) is 26.3 Å². The van der Waals surface area contributed by atoms with Gasteiger partial charge in [-0.25, -0.2) is 0 Å². The van der Waals surface area contributed by atoms with E-state index in [1.54, 1.807) is 6.07 Å². The molecule has 0 aliphatic heterocycles. The molecule has 0 amide bonds. The molecule has 1 aromatic carbocycles. The second-order valence-electron chi connectivity index (χ2n) is 9.26. The minimum atomic E-state index is -0.200. The van der Waals surface area contributed by atoms with Crippen LogP contribution in [0.2, 0.25) is 10.0 Å². The van der Waals surface area contributed by atoms with Gasteiger partial charge in [0, 0.05) is 5.22 Å². The SMILES string of the molecule is C=c1c(OC(=O)C2CCC(C3CCC(C)CC3)CC2)c(Cl)c(Cl)c/c1=C(C)/C=C\C. The van der Waals surface area contributed by atoms with Crippen molar-refractivity contribution in [1.82, 2.24) is 0 Å². The standard InChI is InChI=1S/C26H34Cl2O2/c1-5-6-17(3)22-15-23(27)24(28)25(18(22)4)30-26(29)21-13-11-20(12-14-21)19-9-7-16(2)8-10-19/h5-6,15-16,19-21H,4,7-14H2,1-3H3/b6-5-,22-17-. The lowest BCUT2D eigenvalue weighted by Gasteiger charge is -2.36. The molecule has 0 aromatic heterocycles. The minimum Gasteiger partial charge on any atom is -0.424 e. The van der Waals surface area contributed by atoms with Gasteiger partial charge in [-0.15, -0.1) is 0 Å². The van der Waals surface area contributed by atoms with E-state index < -0.39 is 0 Å². The normalized spacial score (nSPS) is 28.4. The molecule has 0 atom stereocenters. The molecule has 4 heteroatoms. The summed E-state index contributed by atoms with van der Waals surface area (Å²) < 4.78 is 5.80. The van der Waals surface area contributed by atoms with Crippen molar-refractivity contribution in [2.24, 2.45) is 23.7 Å². The fourth-order valence-corrected chi connectivity index (χ4v) is 5.61. The Kier molecular flexibility index (Phi) is 8.10. The van der Waals surface area contributed by atoms with E-state index in [1.807, 2.05) is 26.0 Å². The molecule has 0 heterocycles. The smallest absolute Gasteiger partial charge is 0.314 e. The van der Waals surface area contributed by atoms with Gasteiger partial charge in [-0.2, -0.15) is 0 Å². The van der Waals surface area contributed by atoms with Crippen LogP contribution in [0.25, 0.3) is 12.2 Å². The Morgan fingerprint density at radius 1 is 1.07 bits per heavy atom. The Hall–Kier alpha value is -1.25. The maximum absolute atomic E-state index is 12.9. The maximum Gasteiger partial charge on any atom is 0.314 e. The van der Waals surface area contributed by atoms with E-state index in [0.29, 0.717) is 16.0 Å². The number of allylic oxidation sites excluding steroid dienone is 2. The van der Waals surface area contributed by atoms with Crippen LogP contribution < -0.4 is 15.2 Å². The minimum absolute atomic E-state index is 0.0673. The van der Waals surface area contributed by atoms with Crippen LogP contribution in [0.5, 0.6) is 5.75 Å². The zero-order chi connectivity index (χ0) is 21.8. The van der Waals surface area contributed by atoms with Gasteiger partial charge in [0.05, 0.1) is 10.9 Å². The van der Waals surface area contributed by atoms with Crippen molar-refractivity contribution in [3.8, 4) is 5.75 Å². The number of carbonyl (C=O) groups excluding carboxylic acids is 1. The van der Waals surface area contributed by atoms with Gasteiger partial charge >= 0.3 is 5.97 Å². The Morgan fingerprint density at radius 3 is 2.20 bits per heavy atom. The highest BCUT2D eigenvalue weighted by Crippen LogP contribution is 2.41. The number of esters is 1. The molecular weight excluding hydrogens is 415 g/mol. The third kappa shape index (κ3) is 5.32. The number of benzene rings is 1. The van der Waals surface area contributed by atoms with Crippen LogP contribution in [0.1, 0.15) is 72.1 Å². The molecule has 2 saturated carbocycles. The lowest BCUT2D eigenvalue weighted by molar-refractivity contribution is -0.140. The van der Waals surface area contributed by atoms with Crippen LogP contribution >= 0.6 is 23.2 Å². The van der Waals surface area contributed by atoms with Crippen molar-refractivity contribution >= 4 is 41.3 Å². The number of halogens is 2. The first-order valence-corrected chi connectivity index (χ1v) is 12.1. The molecule has 30 heavy (non-hydrogen) atoms. The van der Waals surface area contributed by atoms with E-state index in [9.17, 15) is 4.79 Å². The fraction of sp³-hybridized carbons (Fsp3) is 0.577. The Labute approximate surface area is 191 Å². The second-order valence-corrected chi connectivity index (χ2v) is 10.0. The van der Waals surface area contributed by atoms with Crippen LogP contribution in [0.15, 0.2) is 18.2 Å². The van der Waals surface area contributed by atoms with Crippen molar-refractivity contribution < 1.29 is 9.53 Å². The van der Waals surface area contributed by atoms with Crippen LogP contribution in [0, 0.1) is 23.7 Å². The monoisotopic (exact) mass is 448 g/mol. The van der Waals surface area contributed by atoms with Gasteiger partial charge in [0.1, 0.15) is 5.02 Å². The van der Waals surface area contributed by atoms with Crippen molar-refractivity contribution in [1.29, 1.82) is 0 Å². The van der Waals surface area contributed by atoms with Crippen LogP contribution in [-0.4, -0.2) is 5.97 Å². The Balaban J connectivity index is 1.70. The lowest BCUT2D eigenvalue weighted by atomic mass is 9.69. The molecular formula is C26H34Cl2O2. The third-order valence-corrected chi connectivity index (χ3v) is 7.93. The van der Waals surface area contributed by atoms with Crippen LogP contribution in [0.3, 0.4) is 0 Å². The highest BCUT2D eigenvalue weighted by molar-refractivity contribution is 6.43. The first-order valence-electron chi connectivity index (χ1n) is 11.3. The summed E-state index contributed by atoms with van der Waals surface area (Å²) in [6.07, 6.45) is 13.4. The number of hydrogen-bond acceptors (Lipinski definition) is 2. The molecule has 2 aliphatic carbocycles. The molecule has 3 rings (SSSR count). The van der Waals surface area contributed by atoms with Gasteiger partial charge in [0.15, 0.2) is 5.75 Å². The van der Waals surface area contributed by atoms with E-state index >= 15 is 0 Å². The van der Waals surface area contributed by atoms with Gasteiger partial charge in [0.2, 0.25) is 0 Å². The first-order chi connectivity index (χ1) is 14.3. The zero-order valence-electron chi connectivity index (χ0n) is 18.5. The van der Waals surface area contributed by atoms with Crippen molar-refractivity contribution in [3.63, 3.8) is 0 Å². The average molecular weight is 449 g/mol. The van der Waals surface area contributed by atoms with Gasteiger partial charge in [-0.05, 0) is 87.0 Å². The predicted octanol–water partition coefficient (Wildman–Crippen LogP) is 6.69. The Morgan fingerprint density at radius 2 is 1.63 bits per heavy atom. The summed E-state index contributed by atoms with van der Waals surface area (Å²) in [4.78, 5) is 12.9. The largest absolute Gasteiger partial charge is 0.424 e. The molecule has 1 aromatic rings. The number of hydrogen-bond donors (Lipinski definition) is 0. The molecule has 2 fully saturated rings. The van der Waals surface area contributed by atoms with Crippen molar-refractivity contribution in [2.45, 2.75) is 72.1 Å². The molecule has 164 valence electrons. The molecule has 0 spiro atoms. The summed E-state index contributed by atoms with van der Waals surface area (Å²) in [6, 6.07) is 1.79. The highest BCUT2D eigenvalue weighted by atomic mass is 35.5. The summed E-state index contributed by atoms with van der Waals surface area (Å²) in [5.74, 6) is 2.53. The Bertz CT molecular complexity index is 902. The predicted molar refractivity (Wildman–Crippen MR) is 127 cm³/mol.